The SMILES string of the molecule is Cc1c(N)cccc1-c1cn(C)c(=O)c(Nc2ccc([C@@H]3C(=O)N(C)CCN3C)cc2)n1. The summed E-state index contributed by atoms with van der Waals surface area (Å²) in [5.74, 6) is 0.311. The molecule has 2 heterocycles. The Morgan fingerprint density at radius 3 is 2.47 bits per heavy atom. The summed E-state index contributed by atoms with van der Waals surface area (Å²) in [6.45, 7) is 3.48. The number of nitrogens with two attached hydrogens (primary N) is 1. The third kappa shape index (κ3) is 3.97. The predicted octanol–water partition coefficient (Wildman–Crippen LogP) is 2.53. The third-order valence-electron chi connectivity index (χ3n) is 6.05. The molecule has 1 amide bonds. The molecule has 8 heteroatoms. The molecule has 1 atom stereocenters. The van der Waals surface area contributed by atoms with Crippen LogP contribution in [0.2, 0.25) is 0 Å². The second kappa shape index (κ2) is 8.47. The summed E-state index contributed by atoms with van der Waals surface area (Å²) < 4.78 is 1.51. The predicted molar refractivity (Wildman–Crippen MR) is 127 cm³/mol. The summed E-state index contributed by atoms with van der Waals surface area (Å²) in [6.07, 6.45) is 1.71. The lowest BCUT2D eigenvalue weighted by molar-refractivity contribution is -0.139. The summed E-state index contributed by atoms with van der Waals surface area (Å²) in [6, 6.07) is 12.9. The lowest BCUT2D eigenvalue weighted by Gasteiger charge is -2.37. The van der Waals surface area contributed by atoms with E-state index in [9.17, 15) is 9.59 Å². The number of anilines is 3. The Morgan fingerprint density at radius 1 is 1.03 bits per heavy atom. The molecule has 0 bridgehead atoms. The van der Waals surface area contributed by atoms with E-state index in [2.05, 4.69) is 15.2 Å². The fourth-order valence-electron chi connectivity index (χ4n) is 3.98. The second-order valence-electron chi connectivity index (χ2n) is 8.30. The summed E-state index contributed by atoms with van der Waals surface area (Å²) >= 11 is 0. The van der Waals surface area contributed by atoms with Crippen molar-refractivity contribution in [2.24, 2.45) is 7.05 Å². The topological polar surface area (TPSA) is 96.5 Å². The van der Waals surface area contributed by atoms with Gasteiger partial charge in [0.05, 0.1) is 5.69 Å². The van der Waals surface area contributed by atoms with Crippen molar-refractivity contribution in [3.63, 3.8) is 0 Å². The smallest absolute Gasteiger partial charge is 0.293 e. The van der Waals surface area contributed by atoms with Gasteiger partial charge in [0.25, 0.3) is 5.56 Å². The number of piperazine rings is 1. The van der Waals surface area contributed by atoms with Crippen molar-refractivity contribution in [3.05, 3.63) is 70.1 Å². The van der Waals surface area contributed by atoms with E-state index < -0.39 is 0 Å². The zero-order chi connectivity index (χ0) is 23.0. The first kappa shape index (κ1) is 21.6. The summed E-state index contributed by atoms with van der Waals surface area (Å²) in [5.41, 5.74) is 10.6. The molecule has 1 aromatic heterocycles. The molecule has 1 fully saturated rings. The Balaban J connectivity index is 1.63. The average molecular weight is 433 g/mol. The van der Waals surface area contributed by atoms with Crippen LogP contribution in [0.5, 0.6) is 0 Å². The standard InChI is InChI=1S/C24H28N6O2/c1-15-18(6-5-7-19(15)25)20-14-30(4)24(32)22(27-20)26-17-10-8-16(9-11-17)21-23(31)29(3)13-12-28(21)2/h5-11,14,21H,12-13,25H2,1-4H3,(H,26,27)/t21-/m1/s1. The van der Waals surface area contributed by atoms with Gasteiger partial charge in [0.2, 0.25) is 5.91 Å². The third-order valence-corrected chi connectivity index (χ3v) is 6.05. The van der Waals surface area contributed by atoms with Crippen LogP contribution in [0.4, 0.5) is 17.2 Å². The molecule has 0 saturated carbocycles. The molecule has 0 radical (unpaired) electrons. The number of carbonyl (C=O) groups is 1. The van der Waals surface area contributed by atoms with E-state index in [0.717, 1.165) is 35.5 Å². The van der Waals surface area contributed by atoms with Crippen LogP contribution in [0.3, 0.4) is 0 Å². The van der Waals surface area contributed by atoms with Gasteiger partial charge in [0.1, 0.15) is 6.04 Å². The Morgan fingerprint density at radius 2 is 1.75 bits per heavy atom. The number of amides is 1. The number of hydrogen-bond donors (Lipinski definition) is 2. The van der Waals surface area contributed by atoms with Crippen molar-refractivity contribution in [3.8, 4) is 11.3 Å². The van der Waals surface area contributed by atoms with Crippen molar-refractivity contribution >= 4 is 23.1 Å². The number of nitrogens with zero attached hydrogens (tertiary/aromatic N) is 4. The van der Waals surface area contributed by atoms with Crippen LogP contribution < -0.4 is 16.6 Å². The molecule has 1 saturated heterocycles. The first-order valence-corrected chi connectivity index (χ1v) is 10.5. The molecule has 4 rings (SSSR count). The lowest BCUT2D eigenvalue weighted by Crippen LogP contribution is -2.48. The van der Waals surface area contributed by atoms with Crippen molar-refractivity contribution in [1.29, 1.82) is 0 Å². The fourth-order valence-corrected chi connectivity index (χ4v) is 3.98. The molecule has 1 aliphatic rings. The molecule has 1 aliphatic heterocycles. The average Bonchev–Trinajstić information content (AvgIpc) is 2.77. The van der Waals surface area contributed by atoms with Gasteiger partial charge in [-0.1, -0.05) is 24.3 Å². The first-order valence-electron chi connectivity index (χ1n) is 10.5. The second-order valence-corrected chi connectivity index (χ2v) is 8.30. The maximum absolute atomic E-state index is 12.7. The summed E-state index contributed by atoms with van der Waals surface area (Å²) in [7, 11) is 5.48. The number of rotatable bonds is 4. The molecular formula is C24H28N6O2. The highest BCUT2D eigenvalue weighted by molar-refractivity contribution is 5.84. The van der Waals surface area contributed by atoms with Crippen LogP contribution in [0.25, 0.3) is 11.3 Å². The van der Waals surface area contributed by atoms with Gasteiger partial charge in [-0.2, -0.15) is 0 Å². The van der Waals surface area contributed by atoms with E-state index in [1.54, 1.807) is 18.1 Å². The van der Waals surface area contributed by atoms with E-state index in [-0.39, 0.29) is 23.3 Å². The minimum absolute atomic E-state index is 0.0835. The Kier molecular flexibility index (Phi) is 5.71. The molecule has 0 aliphatic carbocycles. The monoisotopic (exact) mass is 432 g/mol. The number of nitrogen functional groups attached to an aromatic ring is 1. The summed E-state index contributed by atoms with van der Waals surface area (Å²) in [5, 5.41) is 3.13. The van der Waals surface area contributed by atoms with Crippen LogP contribution in [-0.4, -0.2) is 52.4 Å². The molecular weight excluding hydrogens is 404 g/mol. The van der Waals surface area contributed by atoms with Crippen molar-refractivity contribution in [2.45, 2.75) is 13.0 Å². The molecule has 32 heavy (non-hydrogen) atoms. The number of aryl methyl sites for hydroxylation is 1. The minimum Gasteiger partial charge on any atom is -0.398 e. The van der Waals surface area contributed by atoms with Gasteiger partial charge in [-0.3, -0.25) is 14.5 Å². The molecule has 3 aromatic rings. The Hall–Kier alpha value is -3.65. The zero-order valence-electron chi connectivity index (χ0n) is 18.8. The number of benzene rings is 2. The van der Waals surface area contributed by atoms with E-state index >= 15 is 0 Å². The number of hydrogen-bond acceptors (Lipinski definition) is 6. The van der Waals surface area contributed by atoms with Crippen molar-refractivity contribution in [1.82, 2.24) is 19.4 Å². The highest BCUT2D eigenvalue weighted by Gasteiger charge is 2.31. The van der Waals surface area contributed by atoms with Crippen LogP contribution in [-0.2, 0) is 11.8 Å². The number of likely N-dealkylation sites (N-methyl/N-ethyl adjacent to an activating group) is 2. The Bertz CT molecular complexity index is 1220. The highest BCUT2D eigenvalue weighted by Crippen LogP contribution is 2.28. The van der Waals surface area contributed by atoms with Gasteiger partial charge in [-0.15, -0.1) is 0 Å². The largest absolute Gasteiger partial charge is 0.398 e. The fraction of sp³-hybridized carbons (Fsp3) is 0.292. The van der Waals surface area contributed by atoms with Gasteiger partial charge in [0, 0.05) is 50.3 Å². The normalized spacial score (nSPS) is 16.9. The maximum atomic E-state index is 12.7. The van der Waals surface area contributed by atoms with Crippen molar-refractivity contribution < 1.29 is 4.79 Å². The number of carbonyl (C=O) groups excluding carboxylic acids is 1. The van der Waals surface area contributed by atoms with Gasteiger partial charge in [-0.05, 0) is 43.3 Å². The van der Waals surface area contributed by atoms with Gasteiger partial charge in [0.15, 0.2) is 5.82 Å². The van der Waals surface area contributed by atoms with E-state index in [1.165, 1.54) is 4.57 Å². The molecule has 8 nitrogen and oxygen atoms in total. The maximum Gasteiger partial charge on any atom is 0.293 e. The number of aromatic nitrogens is 2. The lowest BCUT2D eigenvalue weighted by atomic mass is 10.0. The van der Waals surface area contributed by atoms with E-state index in [0.29, 0.717) is 11.4 Å². The summed E-state index contributed by atoms with van der Waals surface area (Å²) in [4.78, 5) is 33.7. The molecule has 0 unspecified atom stereocenters. The highest BCUT2D eigenvalue weighted by atomic mass is 16.2. The molecule has 166 valence electrons. The van der Waals surface area contributed by atoms with Gasteiger partial charge >= 0.3 is 0 Å². The van der Waals surface area contributed by atoms with Crippen molar-refractivity contribution in [2.75, 3.05) is 38.2 Å². The first-order chi connectivity index (χ1) is 15.3. The van der Waals surface area contributed by atoms with Gasteiger partial charge in [-0.25, -0.2) is 4.98 Å². The minimum atomic E-state index is -0.302. The molecule has 3 N–H and O–H groups in total. The quantitative estimate of drug-likeness (QED) is 0.615. The van der Waals surface area contributed by atoms with Crippen LogP contribution in [0.15, 0.2) is 53.5 Å². The zero-order valence-corrected chi connectivity index (χ0v) is 18.8. The van der Waals surface area contributed by atoms with Crippen LogP contribution >= 0.6 is 0 Å². The Labute approximate surface area is 187 Å². The number of nitrogens with one attached hydrogen (secondary N) is 1. The molecule has 2 aromatic carbocycles. The molecule has 0 spiro atoms. The van der Waals surface area contributed by atoms with E-state index in [1.807, 2.05) is 63.5 Å². The van der Waals surface area contributed by atoms with E-state index in [4.69, 9.17) is 5.73 Å². The van der Waals surface area contributed by atoms with Crippen LogP contribution in [0.1, 0.15) is 17.2 Å². The van der Waals surface area contributed by atoms with Gasteiger partial charge < -0.3 is 20.5 Å². The van der Waals surface area contributed by atoms with Crippen LogP contribution in [0, 0.1) is 6.92 Å².